The molecule has 0 spiro atoms. The minimum atomic E-state index is -1.21. The van der Waals surface area contributed by atoms with Crippen molar-refractivity contribution in [2.24, 2.45) is 27.3 Å². The lowest BCUT2D eigenvalue weighted by Gasteiger charge is -2.06. The molecule has 0 aromatic carbocycles. The minimum absolute atomic E-state index is 0.215. The molecule has 82 valence electrons. The monoisotopic (exact) mass is 215 g/mol. The number of hydrogen-bond donors (Lipinski definition) is 2. The second-order valence-corrected chi connectivity index (χ2v) is 2.39. The molecular weight excluding hydrogens is 206 g/mol. The van der Waals surface area contributed by atoms with Crippen LogP contribution < -0.4 is 11.7 Å². The van der Waals surface area contributed by atoms with Crippen LogP contribution in [0.5, 0.6) is 0 Å². The number of nitroso groups, excluding NO2 is 1. The van der Waals surface area contributed by atoms with Crippen LogP contribution in [0.4, 0.5) is 0 Å². The van der Waals surface area contributed by atoms with E-state index in [1.54, 1.807) is 0 Å². The maximum atomic E-state index is 10.9. The van der Waals surface area contributed by atoms with Gasteiger partial charge in [0, 0.05) is 17.2 Å². The fraction of sp³-hybridized carbons (Fsp3) is 0.333. The Labute approximate surface area is 84.1 Å². The van der Waals surface area contributed by atoms with Crippen LogP contribution in [-0.4, -0.2) is 17.9 Å². The summed E-state index contributed by atoms with van der Waals surface area (Å²) in [6, 6.07) is -1.21. The summed E-state index contributed by atoms with van der Waals surface area (Å²) in [5.41, 5.74) is -0.215. The highest BCUT2D eigenvalue weighted by atomic mass is 16.7. The van der Waals surface area contributed by atoms with Crippen molar-refractivity contribution < 1.29 is 14.4 Å². The zero-order valence-corrected chi connectivity index (χ0v) is 7.62. The van der Waals surface area contributed by atoms with Crippen LogP contribution in [0, 0.1) is 4.91 Å². The van der Waals surface area contributed by atoms with Gasteiger partial charge in [-0.3, -0.25) is 4.79 Å². The number of carbonyl (C=O) groups excluding carboxylic acids is 2. The SMILES string of the molecule is C=C(C[C@H](N=NN)C(=O)ON)C(=O)N=O. The highest BCUT2D eigenvalue weighted by Crippen LogP contribution is 2.09. The van der Waals surface area contributed by atoms with Gasteiger partial charge in [-0.2, -0.15) is 11.0 Å². The quantitative estimate of drug-likeness (QED) is 0.204. The lowest BCUT2D eigenvalue weighted by atomic mass is 10.1. The molecule has 0 fully saturated rings. The number of nitrogens with two attached hydrogens (primary N) is 2. The van der Waals surface area contributed by atoms with Gasteiger partial charge in [0.05, 0.1) is 0 Å². The Balaban J connectivity index is 4.55. The molecule has 4 N–H and O–H groups in total. The van der Waals surface area contributed by atoms with Crippen molar-refractivity contribution in [3.63, 3.8) is 0 Å². The van der Waals surface area contributed by atoms with E-state index in [-0.39, 0.29) is 12.0 Å². The molecule has 0 saturated carbocycles. The van der Waals surface area contributed by atoms with Gasteiger partial charge in [-0.1, -0.05) is 11.8 Å². The van der Waals surface area contributed by atoms with Gasteiger partial charge in [-0.15, -0.1) is 4.91 Å². The first-order chi connectivity index (χ1) is 7.06. The molecule has 0 saturated heterocycles. The van der Waals surface area contributed by atoms with Crippen molar-refractivity contribution in [1.29, 1.82) is 0 Å². The Morgan fingerprint density at radius 3 is 2.47 bits per heavy atom. The van der Waals surface area contributed by atoms with E-state index < -0.39 is 17.9 Å². The average Bonchev–Trinajstić information content (AvgIpc) is 2.26. The summed E-state index contributed by atoms with van der Waals surface area (Å²) in [4.78, 5) is 35.3. The number of nitrogens with zero attached hydrogens (tertiary/aromatic N) is 3. The molecule has 1 atom stereocenters. The molecular formula is C6H9N5O4. The van der Waals surface area contributed by atoms with Crippen LogP contribution in [0.15, 0.2) is 27.7 Å². The van der Waals surface area contributed by atoms with Gasteiger partial charge in [-0.25, -0.2) is 4.79 Å². The Hall–Kier alpha value is -2.16. The number of rotatable bonds is 5. The fourth-order valence-electron chi connectivity index (χ4n) is 0.716. The molecule has 0 heterocycles. The summed E-state index contributed by atoms with van der Waals surface area (Å²) in [6.45, 7) is 3.23. The zero-order valence-electron chi connectivity index (χ0n) is 7.62. The Morgan fingerprint density at radius 1 is 1.47 bits per heavy atom. The van der Waals surface area contributed by atoms with Gasteiger partial charge in [-0.05, 0) is 0 Å². The first-order valence-electron chi connectivity index (χ1n) is 3.62. The summed E-state index contributed by atoms with van der Waals surface area (Å²) in [7, 11) is 0. The molecule has 0 radical (unpaired) electrons. The third kappa shape index (κ3) is 4.04. The lowest BCUT2D eigenvalue weighted by molar-refractivity contribution is -0.145. The van der Waals surface area contributed by atoms with Gasteiger partial charge >= 0.3 is 11.9 Å². The van der Waals surface area contributed by atoms with Crippen molar-refractivity contribution in [2.75, 3.05) is 0 Å². The van der Waals surface area contributed by atoms with Crippen molar-refractivity contribution >= 4 is 11.9 Å². The molecule has 9 nitrogen and oxygen atoms in total. The number of carbonyl (C=O) groups is 2. The minimum Gasteiger partial charge on any atom is -0.372 e. The molecule has 0 aliphatic rings. The van der Waals surface area contributed by atoms with Crippen molar-refractivity contribution in [2.45, 2.75) is 12.5 Å². The van der Waals surface area contributed by atoms with Crippen molar-refractivity contribution in [1.82, 2.24) is 0 Å². The number of amides is 1. The molecule has 9 heteroatoms. The summed E-state index contributed by atoms with van der Waals surface area (Å²) in [6.07, 6.45) is -0.290. The first-order valence-corrected chi connectivity index (χ1v) is 3.62. The van der Waals surface area contributed by atoms with Crippen LogP contribution in [0.1, 0.15) is 6.42 Å². The topological polar surface area (TPSA) is 150 Å². The molecule has 15 heavy (non-hydrogen) atoms. The third-order valence-corrected chi connectivity index (χ3v) is 1.42. The van der Waals surface area contributed by atoms with E-state index >= 15 is 0 Å². The van der Waals surface area contributed by atoms with E-state index in [0.717, 1.165) is 0 Å². The van der Waals surface area contributed by atoms with Gasteiger partial charge in [0.2, 0.25) is 0 Å². The summed E-state index contributed by atoms with van der Waals surface area (Å²) < 4.78 is 0. The van der Waals surface area contributed by atoms with Gasteiger partial charge in [0.1, 0.15) is 0 Å². The molecule has 0 aromatic heterocycles. The van der Waals surface area contributed by atoms with Crippen LogP contribution in [0.25, 0.3) is 0 Å². The predicted molar refractivity (Wildman–Crippen MR) is 47.7 cm³/mol. The molecule has 0 aromatic rings. The average molecular weight is 215 g/mol. The van der Waals surface area contributed by atoms with Crippen molar-refractivity contribution in [3.8, 4) is 0 Å². The summed E-state index contributed by atoms with van der Waals surface area (Å²) in [5, 5.41) is 8.21. The molecule has 1 amide bonds. The summed E-state index contributed by atoms with van der Waals surface area (Å²) >= 11 is 0. The van der Waals surface area contributed by atoms with Crippen LogP contribution in [0.2, 0.25) is 0 Å². The first kappa shape index (κ1) is 12.8. The Bertz CT molecular complexity index is 313. The van der Waals surface area contributed by atoms with Crippen molar-refractivity contribution in [3.05, 3.63) is 17.1 Å². The van der Waals surface area contributed by atoms with Crippen LogP contribution in [-0.2, 0) is 14.4 Å². The maximum absolute atomic E-state index is 10.9. The Kier molecular flexibility index (Phi) is 5.41. The lowest BCUT2D eigenvalue weighted by Crippen LogP contribution is -2.25. The highest BCUT2D eigenvalue weighted by molar-refractivity contribution is 5.94. The highest BCUT2D eigenvalue weighted by Gasteiger charge is 2.23. The second kappa shape index (κ2) is 6.32. The van der Waals surface area contributed by atoms with Gasteiger partial charge in [0.15, 0.2) is 6.04 Å². The zero-order chi connectivity index (χ0) is 11.8. The standard InChI is InChI=1S/C6H9N5O4/c1-3(5(12)10-14)2-4(9-11-7)6(13)15-8/h4H,1-2,8H2,(H2,7,9)/t4-/m0/s1. The van der Waals surface area contributed by atoms with E-state index in [1.165, 1.54) is 0 Å². The molecule has 0 aliphatic heterocycles. The third-order valence-electron chi connectivity index (χ3n) is 1.42. The summed E-state index contributed by atoms with van der Waals surface area (Å²) in [5.74, 6) is 7.27. The van der Waals surface area contributed by atoms with Crippen LogP contribution in [0.3, 0.4) is 0 Å². The second-order valence-electron chi connectivity index (χ2n) is 2.39. The van der Waals surface area contributed by atoms with E-state index in [9.17, 15) is 14.5 Å². The molecule has 0 aliphatic carbocycles. The van der Waals surface area contributed by atoms with E-state index in [0.29, 0.717) is 0 Å². The van der Waals surface area contributed by atoms with Gasteiger partial charge in [0.25, 0.3) is 0 Å². The van der Waals surface area contributed by atoms with E-state index in [2.05, 4.69) is 32.8 Å². The predicted octanol–water partition coefficient (Wildman–Crippen LogP) is -0.663. The normalized spacial score (nSPS) is 12.1. The van der Waals surface area contributed by atoms with E-state index in [1.807, 2.05) is 0 Å². The molecule has 0 bridgehead atoms. The van der Waals surface area contributed by atoms with E-state index in [4.69, 9.17) is 5.84 Å². The van der Waals surface area contributed by atoms with Crippen LogP contribution >= 0.6 is 0 Å². The largest absolute Gasteiger partial charge is 0.372 e. The molecule has 0 unspecified atom stereocenters. The van der Waals surface area contributed by atoms with Gasteiger partial charge < -0.3 is 10.7 Å². The maximum Gasteiger partial charge on any atom is 0.351 e. The Morgan fingerprint density at radius 2 is 2.07 bits per heavy atom. The smallest absolute Gasteiger partial charge is 0.351 e. The number of hydrogen-bond acceptors (Lipinski definition) is 7. The molecule has 0 rings (SSSR count). The fourth-order valence-corrected chi connectivity index (χ4v) is 0.716.